The van der Waals surface area contributed by atoms with Crippen LogP contribution in [0.15, 0.2) is 16.6 Å². The quantitative estimate of drug-likeness (QED) is 0.769. The van der Waals surface area contributed by atoms with Gasteiger partial charge in [0.25, 0.3) is 0 Å². The van der Waals surface area contributed by atoms with Crippen LogP contribution in [-0.4, -0.2) is 12.5 Å². The van der Waals surface area contributed by atoms with Gasteiger partial charge in [0.1, 0.15) is 5.82 Å². The predicted molar refractivity (Wildman–Crippen MR) is 60.4 cm³/mol. The van der Waals surface area contributed by atoms with Gasteiger partial charge in [-0.3, -0.25) is 4.79 Å². The molecule has 1 amide bonds. The third-order valence-electron chi connectivity index (χ3n) is 2.60. The standard InChI is InChI=1S/C11H11BrFNO/c1-7-5-9(13)8(12)6-10(7)14-4-2-3-11(14)15/h5-6H,2-4H2,1H3. The first-order valence-corrected chi connectivity index (χ1v) is 5.65. The Labute approximate surface area is 96.2 Å². The van der Waals surface area contributed by atoms with E-state index in [2.05, 4.69) is 15.9 Å². The molecule has 1 heterocycles. The van der Waals surface area contributed by atoms with Crippen LogP contribution in [0.25, 0.3) is 0 Å². The molecular weight excluding hydrogens is 261 g/mol. The summed E-state index contributed by atoms with van der Waals surface area (Å²) >= 11 is 3.13. The number of hydrogen-bond donors (Lipinski definition) is 0. The van der Waals surface area contributed by atoms with E-state index in [0.717, 1.165) is 24.2 Å². The highest BCUT2D eigenvalue weighted by atomic mass is 79.9. The summed E-state index contributed by atoms with van der Waals surface area (Å²) in [7, 11) is 0. The average Bonchev–Trinajstić information content (AvgIpc) is 2.58. The maximum absolute atomic E-state index is 13.2. The number of nitrogens with zero attached hydrogens (tertiary/aromatic N) is 1. The lowest BCUT2D eigenvalue weighted by molar-refractivity contribution is -0.117. The second-order valence-electron chi connectivity index (χ2n) is 3.70. The van der Waals surface area contributed by atoms with E-state index in [1.807, 2.05) is 6.92 Å². The lowest BCUT2D eigenvalue weighted by atomic mass is 10.2. The number of aryl methyl sites for hydroxylation is 1. The Morgan fingerprint density at radius 3 is 2.80 bits per heavy atom. The summed E-state index contributed by atoms with van der Waals surface area (Å²) in [4.78, 5) is 13.3. The monoisotopic (exact) mass is 271 g/mol. The van der Waals surface area contributed by atoms with Gasteiger partial charge in [0.15, 0.2) is 0 Å². The molecule has 0 spiro atoms. The van der Waals surface area contributed by atoms with Crippen molar-refractivity contribution in [1.82, 2.24) is 0 Å². The first-order valence-electron chi connectivity index (χ1n) is 4.85. The highest BCUT2D eigenvalue weighted by Crippen LogP contribution is 2.29. The molecule has 0 atom stereocenters. The zero-order valence-electron chi connectivity index (χ0n) is 8.39. The number of carbonyl (C=O) groups excluding carboxylic acids is 1. The Hall–Kier alpha value is -0.900. The molecule has 1 saturated heterocycles. The molecular formula is C11H11BrFNO. The minimum absolute atomic E-state index is 0.122. The topological polar surface area (TPSA) is 20.3 Å². The van der Waals surface area contributed by atoms with Crippen molar-refractivity contribution in [2.75, 3.05) is 11.4 Å². The van der Waals surface area contributed by atoms with Crippen molar-refractivity contribution in [3.63, 3.8) is 0 Å². The van der Waals surface area contributed by atoms with Crippen molar-refractivity contribution in [3.8, 4) is 0 Å². The van der Waals surface area contributed by atoms with Gasteiger partial charge in [-0.15, -0.1) is 0 Å². The van der Waals surface area contributed by atoms with Crippen LogP contribution >= 0.6 is 15.9 Å². The largest absolute Gasteiger partial charge is 0.312 e. The zero-order chi connectivity index (χ0) is 11.0. The summed E-state index contributed by atoms with van der Waals surface area (Å²) in [5.41, 5.74) is 1.61. The van der Waals surface area contributed by atoms with E-state index in [4.69, 9.17) is 0 Å². The lowest BCUT2D eigenvalue weighted by Crippen LogP contribution is -2.24. The van der Waals surface area contributed by atoms with Crippen LogP contribution in [0.2, 0.25) is 0 Å². The number of anilines is 1. The summed E-state index contributed by atoms with van der Waals surface area (Å²) in [6, 6.07) is 3.12. The molecule has 80 valence electrons. The molecule has 0 N–H and O–H groups in total. The normalized spacial score (nSPS) is 16.2. The SMILES string of the molecule is Cc1cc(F)c(Br)cc1N1CCCC1=O. The van der Waals surface area contributed by atoms with E-state index < -0.39 is 0 Å². The molecule has 1 aliphatic rings. The van der Waals surface area contributed by atoms with Crippen LogP contribution in [0.5, 0.6) is 0 Å². The maximum atomic E-state index is 13.2. The van der Waals surface area contributed by atoms with Crippen LogP contribution < -0.4 is 4.90 Å². The van der Waals surface area contributed by atoms with Gasteiger partial charge < -0.3 is 4.90 Å². The van der Waals surface area contributed by atoms with E-state index in [1.165, 1.54) is 6.07 Å². The molecule has 1 aromatic carbocycles. The molecule has 0 radical (unpaired) electrons. The van der Waals surface area contributed by atoms with Crippen LogP contribution in [0.4, 0.5) is 10.1 Å². The highest BCUT2D eigenvalue weighted by Gasteiger charge is 2.23. The van der Waals surface area contributed by atoms with E-state index in [1.54, 1.807) is 11.0 Å². The fourth-order valence-corrected chi connectivity index (χ4v) is 2.16. The van der Waals surface area contributed by atoms with E-state index in [9.17, 15) is 9.18 Å². The third kappa shape index (κ3) is 1.91. The van der Waals surface area contributed by atoms with Crippen molar-refractivity contribution in [2.24, 2.45) is 0 Å². The van der Waals surface area contributed by atoms with Gasteiger partial charge in [-0.2, -0.15) is 0 Å². The minimum atomic E-state index is -0.289. The van der Waals surface area contributed by atoms with Crippen molar-refractivity contribution >= 4 is 27.5 Å². The molecule has 1 aliphatic heterocycles. The summed E-state index contributed by atoms with van der Waals surface area (Å²) in [5.74, 6) is -0.167. The second kappa shape index (κ2) is 3.93. The van der Waals surface area contributed by atoms with Gasteiger partial charge in [0.05, 0.1) is 4.47 Å². The first kappa shape index (κ1) is 10.6. The predicted octanol–water partition coefficient (Wildman–Crippen LogP) is 3.02. The Balaban J connectivity index is 2.43. The summed E-state index contributed by atoms with van der Waals surface area (Å²) in [5, 5.41) is 0. The number of hydrogen-bond acceptors (Lipinski definition) is 1. The Morgan fingerprint density at radius 1 is 1.47 bits per heavy atom. The van der Waals surface area contributed by atoms with Crippen LogP contribution in [0.3, 0.4) is 0 Å². The van der Waals surface area contributed by atoms with Crippen molar-refractivity contribution in [3.05, 3.63) is 28.0 Å². The molecule has 0 saturated carbocycles. The second-order valence-corrected chi connectivity index (χ2v) is 4.56. The van der Waals surface area contributed by atoms with Gasteiger partial charge in [-0.25, -0.2) is 4.39 Å². The van der Waals surface area contributed by atoms with Gasteiger partial charge in [0, 0.05) is 18.7 Å². The summed E-state index contributed by atoms with van der Waals surface area (Å²) < 4.78 is 13.6. The van der Waals surface area contributed by atoms with Gasteiger partial charge in [0.2, 0.25) is 5.91 Å². The Kier molecular flexibility index (Phi) is 2.78. The first-order chi connectivity index (χ1) is 7.09. The average molecular weight is 272 g/mol. The molecule has 0 aliphatic carbocycles. The van der Waals surface area contributed by atoms with Crippen molar-refractivity contribution < 1.29 is 9.18 Å². The summed E-state index contributed by atoms with van der Waals surface area (Å²) in [6.45, 7) is 2.55. The Bertz CT molecular complexity index is 419. The van der Waals surface area contributed by atoms with Gasteiger partial charge in [-0.1, -0.05) is 0 Å². The zero-order valence-corrected chi connectivity index (χ0v) is 9.97. The molecule has 15 heavy (non-hydrogen) atoms. The van der Waals surface area contributed by atoms with Gasteiger partial charge in [-0.05, 0) is 47.0 Å². The van der Waals surface area contributed by atoms with Crippen LogP contribution in [0, 0.1) is 12.7 Å². The van der Waals surface area contributed by atoms with Crippen molar-refractivity contribution in [1.29, 1.82) is 0 Å². The summed E-state index contributed by atoms with van der Waals surface area (Å²) in [6.07, 6.45) is 1.47. The van der Waals surface area contributed by atoms with E-state index in [-0.39, 0.29) is 11.7 Å². The number of amides is 1. The molecule has 0 bridgehead atoms. The molecule has 0 unspecified atom stereocenters. The lowest BCUT2D eigenvalue weighted by Gasteiger charge is -2.18. The molecule has 0 aromatic heterocycles. The van der Waals surface area contributed by atoms with Crippen LogP contribution in [-0.2, 0) is 4.79 Å². The minimum Gasteiger partial charge on any atom is -0.312 e. The van der Waals surface area contributed by atoms with Crippen LogP contribution in [0.1, 0.15) is 18.4 Å². The number of rotatable bonds is 1. The number of carbonyl (C=O) groups is 1. The molecule has 2 rings (SSSR count). The molecule has 2 nitrogen and oxygen atoms in total. The van der Waals surface area contributed by atoms with E-state index >= 15 is 0 Å². The fraction of sp³-hybridized carbons (Fsp3) is 0.364. The van der Waals surface area contributed by atoms with Crippen molar-refractivity contribution in [2.45, 2.75) is 19.8 Å². The highest BCUT2D eigenvalue weighted by molar-refractivity contribution is 9.10. The molecule has 1 aromatic rings. The third-order valence-corrected chi connectivity index (χ3v) is 3.21. The number of benzene rings is 1. The number of halogens is 2. The smallest absolute Gasteiger partial charge is 0.227 e. The molecule has 1 fully saturated rings. The fourth-order valence-electron chi connectivity index (χ4n) is 1.83. The maximum Gasteiger partial charge on any atom is 0.227 e. The Morgan fingerprint density at radius 2 is 2.20 bits per heavy atom. The van der Waals surface area contributed by atoms with Gasteiger partial charge >= 0.3 is 0 Å². The molecule has 4 heteroatoms. The van der Waals surface area contributed by atoms with E-state index in [0.29, 0.717) is 10.9 Å².